The number of benzene rings is 1. The molecular formula is C21H34IN3O2S. The minimum absolute atomic E-state index is 0. The van der Waals surface area contributed by atoms with Crippen LogP contribution in [0.3, 0.4) is 0 Å². The van der Waals surface area contributed by atoms with E-state index < -0.39 is 0 Å². The Balaban J connectivity index is 0.00000280. The van der Waals surface area contributed by atoms with Crippen LogP contribution >= 0.6 is 35.7 Å². The summed E-state index contributed by atoms with van der Waals surface area (Å²) in [6.07, 6.45) is 4.57. The molecule has 7 heteroatoms. The van der Waals surface area contributed by atoms with Gasteiger partial charge in [-0.05, 0) is 30.7 Å². The number of rotatable bonds is 6. The van der Waals surface area contributed by atoms with Crippen molar-refractivity contribution in [3.05, 3.63) is 30.3 Å². The number of halogens is 1. The molecule has 2 aliphatic heterocycles. The van der Waals surface area contributed by atoms with Crippen LogP contribution < -0.4 is 10.1 Å². The molecule has 3 rings (SSSR count). The zero-order valence-electron chi connectivity index (χ0n) is 17.1. The highest BCUT2D eigenvalue weighted by Crippen LogP contribution is 2.34. The van der Waals surface area contributed by atoms with Crippen LogP contribution in [-0.4, -0.2) is 67.4 Å². The SMILES string of the molecule is CCSC1(CNC(=NC)N2CCC(Oc3ccccc3)CC2)CCOCC1.I. The quantitative estimate of drug-likeness (QED) is 0.350. The summed E-state index contributed by atoms with van der Waals surface area (Å²) in [5.74, 6) is 3.13. The maximum atomic E-state index is 6.12. The second kappa shape index (κ2) is 12.1. The monoisotopic (exact) mass is 519 g/mol. The lowest BCUT2D eigenvalue weighted by Gasteiger charge is -2.39. The van der Waals surface area contributed by atoms with Crippen molar-refractivity contribution in [3.63, 3.8) is 0 Å². The Labute approximate surface area is 191 Å². The van der Waals surface area contributed by atoms with Crippen molar-refractivity contribution >= 4 is 41.7 Å². The number of aliphatic imine (C=N–C) groups is 1. The first kappa shape index (κ1) is 23.6. The first-order chi connectivity index (χ1) is 13.2. The van der Waals surface area contributed by atoms with Crippen LogP contribution in [0.1, 0.15) is 32.6 Å². The number of ether oxygens (including phenoxy) is 2. The van der Waals surface area contributed by atoms with Gasteiger partial charge in [0.1, 0.15) is 11.9 Å². The maximum Gasteiger partial charge on any atom is 0.193 e. The van der Waals surface area contributed by atoms with Gasteiger partial charge in [-0.3, -0.25) is 4.99 Å². The molecule has 0 spiro atoms. The number of para-hydroxylation sites is 1. The predicted octanol–water partition coefficient (Wildman–Crippen LogP) is 4.03. The predicted molar refractivity (Wildman–Crippen MR) is 129 cm³/mol. The minimum atomic E-state index is 0. The Morgan fingerprint density at radius 2 is 1.93 bits per heavy atom. The standard InChI is InChI=1S/C21H33N3O2S.HI/c1-3-27-21(11-15-25-16-12-21)17-23-20(22-2)24-13-9-19(10-14-24)26-18-7-5-4-6-8-18;/h4-8,19H,3,9-17H2,1-2H3,(H,22,23);1H. The summed E-state index contributed by atoms with van der Waals surface area (Å²) in [5.41, 5.74) is 0. The zero-order chi connectivity index (χ0) is 19.0. The van der Waals surface area contributed by atoms with Gasteiger partial charge in [-0.15, -0.1) is 24.0 Å². The lowest BCUT2D eigenvalue weighted by atomic mass is 9.99. The third-order valence-electron chi connectivity index (χ3n) is 5.42. The van der Waals surface area contributed by atoms with Crippen LogP contribution in [0.25, 0.3) is 0 Å². The highest BCUT2D eigenvalue weighted by Gasteiger charge is 2.33. The van der Waals surface area contributed by atoms with E-state index in [1.54, 1.807) is 0 Å². The molecule has 0 aromatic heterocycles. The Hall–Kier alpha value is -0.670. The molecule has 5 nitrogen and oxygen atoms in total. The molecule has 0 unspecified atom stereocenters. The van der Waals surface area contributed by atoms with Crippen LogP contribution in [0.5, 0.6) is 5.75 Å². The number of nitrogens with zero attached hydrogens (tertiary/aromatic N) is 2. The van der Waals surface area contributed by atoms with Gasteiger partial charge >= 0.3 is 0 Å². The van der Waals surface area contributed by atoms with Crippen LogP contribution in [0.4, 0.5) is 0 Å². The van der Waals surface area contributed by atoms with E-state index in [0.29, 0.717) is 6.10 Å². The second-order valence-electron chi connectivity index (χ2n) is 7.25. The molecule has 0 atom stereocenters. The largest absolute Gasteiger partial charge is 0.490 e. The van der Waals surface area contributed by atoms with Crippen LogP contribution in [-0.2, 0) is 4.74 Å². The molecule has 0 saturated carbocycles. The summed E-state index contributed by atoms with van der Waals surface area (Å²) < 4.78 is 12.0. The van der Waals surface area contributed by atoms with Gasteiger partial charge in [-0.2, -0.15) is 11.8 Å². The fourth-order valence-corrected chi connectivity index (χ4v) is 5.11. The minimum Gasteiger partial charge on any atom is -0.490 e. The highest BCUT2D eigenvalue weighted by atomic mass is 127. The lowest BCUT2D eigenvalue weighted by Crippen LogP contribution is -2.52. The summed E-state index contributed by atoms with van der Waals surface area (Å²) in [7, 11) is 1.89. The van der Waals surface area contributed by atoms with Crippen molar-refractivity contribution in [2.45, 2.75) is 43.5 Å². The number of thioether (sulfide) groups is 1. The van der Waals surface area contributed by atoms with Gasteiger partial charge in [0.15, 0.2) is 5.96 Å². The van der Waals surface area contributed by atoms with E-state index in [-0.39, 0.29) is 28.7 Å². The third-order valence-corrected chi connectivity index (χ3v) is 6.88. The summed E-state index contributed by atoms with van der Waals surface area (Å²) in [6, 6.07) is 10.1. The molecular weight excluding hydrogens is 485 g/mol. The van der Waals surface area contributed by atoms with Gasteiger partial charge in [0, 0.05) is 57.5 Å². The lowest BCUT2D eigenvalue weighted by molar-refractivity contribution is 0.0778. The third kappa shape index (κ3) is 6.69. The smallest absolute Gasteiger partial charge is 0.193 e. The number of piperidine rings is 1. The molecule has 0 radical (unpaired) electrons. The fraction of sp³-hybridized carbons (Fsp3) is 0.667. The molecule has 1 N–H and O–H groups in total. The van der Waals surface area contributed by atoms with Crippen molar-refractivity contribution in [1.29, 1.82) is 0 Å². The number of nitrogens with one attached hydrogen (secondary N) is 1. The van der Waals surface area contributed by atoms with Crippen molar-refractivity contribution in [2.24, 2.45) is 4.99 Å². The topological polar surface area (TPSA) is 46.1 Å². The molecule has 0 amide bonds. The van der Waals surface area contributed by atoms with E-state index >= 15 is 0 Å². The first-order valence-electron chi connectivity index (χ1n) is 10.1. The van der Waals surface area contributed by atoms with E-state index in [9.17, 15) is 0 Å². The number of guanidine groups is 1. The number of likely N-dealkylation sites (tertiary alicyclic amines) is 1. The summed E-state index contributed by atoms with van der Waals surface area (Å²) in [6.45, 7) is 6.91. The van der Waals surface area contributed by atoms with Crippen molar-refractivity contribution < 1.29 is 9.47 Å². The first-order valence-corrected chi connectivity index (χ1v) is 11.1. The normalized spacial score (nSPS) is 20.4. The molecule has 28 heavy (non-hydrogen) atoms. The maximum absolute atomic E-state index is 6.12. The van der Waals surface area contributed by atoms with Gasteiger partial charge in [-0.25, -0.2) is 0 Å². The van der Waals surface area contributed by atoms with E-state index in [1.165, 1.54) is 0 Å². The van der Waals surface area contributed by atoms with Gasteiger partial charge < -0.3 is 19.7 Å². The van der Waals surface area contributed by atoms with Gasteiger partial charge in [0.25, 0.3) is 0 Å². The average Bonchev–Trinajstić information content (AvgIpc) is 2.71. The van der Waals surface area contributed by atoms with E-state index in [4.69, 9.17) is 9.47 Å². The van der Waals surface area contributed by atoms with E-state index in [0.717, 1.165) is 76.0 Å². The van der Waals surface area contributed by atoms with Crippen LogP contribution in [0, 0.1) is 0 Å². The van der Waals surface area contributed by atoms with Gasteiger partial charge in [0.05, 0.1) is 0 Å². The fourth-order valence-electron chi connectivity index (χ4n) is 3.87. The van der Waals surface area contributed by atoms with Crippen molar-refractivity contribution in [2.75, 3.05) is 45.6 Å². The zero-order valence-corrected chi connectivity index (χ0v) is 20.2. The Bertz CT molecular complexity index is 583. The van der Waals surface area contributed by atoms with Crippen LogP contribution in [0.2, 0.25) is 0 Å². The molecule has 158 valence electrons. The Morgan fingerprint density at radius 3 is 2.54 bits per heavy atom. The molecule has 1 aromatic carbocycles. The van der Waals surface area contributed by atoms with E-state index in [2.05, 4.69) is 33.9 Å². The Kier molecular flexibility index (Phi) is 10.2. The molecule has 0 aliphatic carbocycles. The molecule has 2 saturated heterocycles. The van der Waals surface area contributed by atoms with E-state index in [1.807, 2.05) is 37.4 Å². The summed E-state index contributed by atoms with van der Waals surface area (Å²) in [4.78, 5) is 6.92. The van der Waals surface area contributed by atoms with Crippen molar-refractivity contribution in [1.82, 2.24) is 10.2 Å². The second-order valence-corrected chi connectivity index (χ2v) is 8.98. The highest BCUT2D eigenvalue weighted by molar-refractivity contribution is 14.0. The molecule has 0 bridgehead atoms. The average molecular weight is 519 g/mol. The molecule has 1 aromatic rings. The molecule has 2 aliphatic rings. The summed E-state index contributed by atoms with van der Waals surface area (Å²) in [5, 5.41) is 3.66. The summed E-state index contributed by atoms with van der Waals surface area (Å²) >= 11 is 2.06. The van der Waals surface area contributed by atoms with Crippen molar-refractivity contribution in [3.8, 4) is 5.75 Å². The van der Waals surface area contributed by atoms with Crippen LogP contribution in [0.15, 0.2) is 35.3 Å². The Morgan fingerprint density at radius 1 is 1.25 bits per heavy atom. The number of hydrogen-bond acceptors (Lipinski definition) is 4. The molecule has 2 heterocycles. The van der Waals surface area contributed by atoms with Gasteiger partial charge in [0.2, 0.25) is 0 Å². The number of hydrogen-bond donors (Lipinski definition) is 1. The van der Waals surface area contributed by atoms with Gasteiger partial charge in [-0.1, -0.05) is 25.1 Å². The molecule has 2 fully saturated rings.